The first-order chi connectivity index (χ1) is 16.9. The lowest BCUT2D eigenvalue weighted by molar-refractivity contribution is 0.937. The summed E-state index contributed by atoms with van der Waals surface area (Å²) in [6.45, 7) is 6.30. The van der Waals surface area contributed by atoms with Crippen LogP contribution in [0.3, 0.4) is 0 Å². The van der Waals surface area contributed by atoms with Crippen molar-refractivity contribution in [3.63, 3.8) is 0 Å². The number of fused-ring (bicyclic) bond motifs is 1. The summed E-state index contributed by atoms with van der Waals surface area (Å²) in [4.78, 5) is 15.1. The van der Waals surface area contributed by atoms with Gasteiger partial charge in [0.05, 0.1) is 22.7 Å². The fraction of sp³-hybridized carbons (Fsp3) is 0.143. The lowest BCUT2D eigenvalue weighted by Crippen LogP contribution is -2.01. The number of benzene rings is 2. The van der Waals surface area contributed by atoms with Gasteiger partial charge in [0, 0.05) is 35.7 Å². The lowest BCUT2D eigenvalue weighted by Gasteiger charge is -2.14. The van der Waals surface area contributed by atoms with Crippen LogP contribution in [0.4, 0.5) is 11.6 Å². The van der Waals surface area contributed by atoms with Crippen molar-refractivity contribution in [2.75, 3.05) is 5.32 Å². The summed E-state index contributed by atoms with van der Waals surface area (Å²) in [6.07, 6.45) is 3.86. The Balaban J connectivity index is 1.53. The minimum Gasteiger partial charge on any atom is -0.347 e. The Morgan fingerprint density at radius 1 is 0.914 bits per heavy atom. The first-order valence-electron chi connectivity index (χ1n) is 11.2. The summed E-state index contributed by atoms with van der Waals surface area (Å²) in [5.41, 5.74) is 9.07. The molecule has 0 bridgehead atoms. The van der Waals surface area contributed by atoms with Gasteiger partial charge in [-0.05, 0) is 85.5 Å². The van der Waals surface area contributed by atoms with Crippen molar-refractivity contribution in [2.45, 2.75) is 30.7 Å². The molecule has 35 heavy (non-hydrogen) atoms. The number of aromatic nitrogens is 4. The summed E-state index contributed by atoms with van der Waals surface area (Å²) in [7, 11) is 2.01. The number of rotatable bonds is 5. The Hall–Kier alpha value is -4.15. The van der Waals surface area contributed by atoms with Crippen molar-refractivity contribution in [1.82, 2.24) is 19.5 Å². The number of anilines is 2. The van der Waals surface area contributed by atoms with Crippen LogP contribution in [0.2, 0.25) is 0 Å². The van der Waals surface area contributed by atoms with Gasteiger partial charge < -0.3 is 9.88 Å². The van der Waals surface area contributed by atoms with Crippen LogP contribution in [0.1, 0.15) is 22.4 Å². The Morgan fingerprint density at radius 2 is 1.66 bits per heavy atom. The highest BCUT2D eigenvalue weighted by atomic mass is 32.2. The van der Waals surface area contributed by atoms with E-state index in [0.29, 0.717) is 11.5 Å². The Morgan fingerprint density at radius 3 is 2.34 bits per heavy atom. The second-order valence-corrected chi connectivity index (χ2v) is 9.55. The first kappa shape index (κ1) is 22.6. The molecule has 6 nitrogen and oxygen atoms in total. The molecule has 172 valence electrons. The molecule has 0 fully saturated rings. The summed E-state index contributed by atoms with van der Waals surface area (Å²) >= 11 is 1.66. The topological polar surface area (TPSA) is 79.4 Å². The van der Waals surface area contributed by atoms with Gasteiger partial charge in [-0.3, -0.25) is 4.98 Å². The van der Waals surface area contributed by atoms with Crippen molar-refractivity contribution in [2.24, 2.45) is 7.05 Å². The summed E-state index contributed by atoms with van der Waals surface area (Å²) in [5, 5.41) is 13.2. The maximum Gasteiger partial charge on any atom is 0.228 e. The minimum absolute atomic E-state index is 0.523. The molecular formula is C28H24N6S. The number of aryl methyl sites for hydroxylation is 4. The van der Waals surface area contributed by atoms with Gasteiger partial charge in [-0.15, -0.1) is 0 Å². The third-order valence-electron chi connectivity index (χ3n) is 5.85. The number of hydrogen-bond acceptors (Lipinski definition) is 6. The molecule has 0 saturated carbocycles. The van der Waals surface area contributed by atoms with Crippen LogP contribution >= 0.6 is 11.8 Å². The molecule has 1 N–H and O–H groups in total. The molecule has 0 spiro atoms. The molecule has 0 amide bonds. The Bertz CT molecular complexity index is 1570. The van der Waals surface area contributed by atoms with Crippen molar-refractivity contribution in [1.29, 1.82) is 5.26 Å². The molecule has 3 heterocycles. The molecule has 0 aliphatic rings. The van der Waals surface area contributed by atoms with E-state index in [4.69, 9.17) is 15.2 Å². The monoisotopic (exact) mass is 476 g/mol. The average molecular weight is 477 g/mol. The number of nitrogens with one attached hydrogen (secondary N) is 1. The third kappa shape index (κ3) is 4.61. The predicted octanol–water partition coefficient (Wildman–Crippen LogP) is 6.72. The largest absolute Gasteiger partial charge is 0.347 e. The molecule has 7 heteroatoms. The maximum atomic E-state index is 9.05. The Labute approximate surface area is 208 Å². The first-order valence-corrected chi connectivity index (χ1v) is 12.1. The second-order valence-electron chi connectivity index (χ2n) is 8.55. The molecule has 0 atom stereocenters. The lowest BCUT2D eigenvalue weighted by atomic mass is 10.0. The van der Waals surface area contributed by atoms with Gasteiger partial charge in [0.25, 0.3) is 0 Å². The van der Waals surface area contributed by atoms with E-state index in [1.165, 1.54) is 27.1 Å². The number of hydrogen-bond donors (Lipinski definition) is 1. The maximum absolute atomic E-state index is 9.05. The zero-order valence-corrected chi connectivity index (χ0v) is 20.8. The van der Waals surface area contributed by atoms with Crippen LogP contribution in [-0.4, -0.2) is 19.5 Å². The predicted molar refractivity (Wildman–Crippen MR) is 141 cm³/mol. The molecule has 0 radical (unpaired) electrons. The fourth-order valence-electron chi connectivity index (χ4n) is 4.14. The van der Waals surface area contributed by atoms with E-state index in [1.807, 2.05) is 50.6 Å². The van der Waals surface area contributed by atoms with Crippen LogP contribution in [0, 0.1) is 32.1 Å². The smallest absolute Gasteiger partial charge is 0.228 e. The van der Waals surface area contributed by atoms with E-state index in [-0.39, 0.29) is 0 Å². The van der Waals surface area contributed by atoms with Crippen LogP contribution in [0.25, 0.3) is 22.2 Å². The molecular weight excluding hydrogens is 452 g/mol. The van der Waals surface area contributed by atoms with E-state index >= 15 is 0 Å². The third-order valence-corrected chi connectivity index (χ3v) is 7.17. The SMILES string of the molecule is Cc1cc(-c2cc(C)c(Sc3nc(Nc4ccc(C#N)cc4)nc4ccn(C)c34)c(C)c2)ccn1. The zero-order chi connectivity index (χ0) is 24.5. The van der Waals surface area contributed by atoms with Gasteiger partial charge in [0.2, 0.25) is 5.95 Å². The van der Waals surface area contributed by atoms with Crippen LogP contribution in [0.15, 0.2) is 76.9 Å². The minimum atomic E-state index is 0.523. The van der Waals surface area contributed by atoms with Crippen LogP contribution in [-0.2, 0) is 7.05 Å². The van der Waals surface area contributed by atoms with Gasteiger partial charge in [0.1, 0.15) is 5.03 Å². The zero-order valence-electron chi connectivity index (χ0n) is 20.0. The van der Waals surface area contributed by atoms with Crippen molar-refractivity contribution in [3.8, 4) is 17.2 Å². The summed E-state index contributed by atoms with van der Waals surface area (Å²) in [6, 6.07) is 20.0. The highest BCUT2D eigenvalue weighted by molar-refractivity contribution is 7.99. The highest BCUT2D eigenvalue weighted by Gasteiger charge is 2.16. The standard InChI is InChI=1S/C28H24N6S/c1-17-13-22(21-9-11-30-19(3)15-21)14-18(2)26(17)35-27-25-24(10-12-34(25)4)32-28(33-27)31-23-7-5-20(16-29)6-8-23/h5-15H,1-4H3,(H,31,32,33). The van der Waals surface area contributed by atoms with Crippen molar-refractivity contribution >= 4 is 34.4 Å². The molecule has 0 aliphatic heterocycles. The van der Waals surface area contributed by atoms with Gasteiger partial charge in [-0.1, -0.05) is 23.9 Å². The van der Waals surface area contributed by atoms with E-state index in [0.717, 1.165) is 27.4 Å². The number of pyridine rings is 1. The molecule has 0 unspecified atom stereocenters. The fourth-order valence-corrected chi connectivity index (χ4v) is 5.25. The van der Waals surface area contributed by atoms with E-state index in [2.05, 4.69) is 53.0 Å². The van der Waals surface area contributed by atoms with E-state index < -0.39 is 0 Å². The van der Waals surface area contributed by atoms with E-state index in [1.54, 1.807) is 23.9 Å². The van der Waals surface area contributed by atoms with Crippen LogP contribution < -0.4 is 5.32 Å². The highest BCUT2D eigenvalue weighted by Crippen LogP contribution is 2.38. The normalized spacial score (nSPS) is 10.9. The average Bonchev–Trinajstić information content (AvgIpc) is 3.22. The molecule has 3 aromatic heterocycles. The molecule has 2 aromatic carbocycles. The Kier molecular flexibility index (Phi) is 5.98. The van der Waals surface area contributed by atoms with Gasteiger partial charge in [-0.25, -0.2) is 9.97 Å². The number of nitriles is 1. The molecule has 0 saturated heterocycles. The van der Waals surface area contributed by atoms with Gasteiger partial charge >= 0.3 is 0 Å². The van der Waals surface area contributed by atoms with Gasteiger partial charge in [0.15, 0.2) is 0 Å². The summed E-state index contributed by atoms with van der Waals surface area (Å²) in [5.74, 6) is 0.523. The quantitative estimate of drug-likeness (QED) is 0.284. The van der Waals surface area contributed by atoms with Crippen molar-refractivity contribution < 1.29 is 0 Å². The second kappa shape index (κ2) is 9.24. The van der Waals surface area contributed by atoms with Crippen LogP contribution in [0.5, 0.6) is 0 Å². The van der Waals surface area contributed by atoms with E-state index in [9.17, 15) is 0 Å². The molecule has 0 aliphatic carbocycles. The molecule has 5 aromatic rings. The summed E-state index contributed by atoms with van der Waals surface area (Å²) < 4.78 is 2.06. The van der Waals surface area contributed by atoms with Crippen molar-refractivity contribution in [3.05, 3.63) is 89.4 Å². The van der Waals surface area contributed by atoms with Gasteiger partial charge in [-0.2, -0.15) is 5.26 Å². The number of nitrogens with zero attached hydrogens (tertiary/aromatic N) is 5. The molecule has 5 rings (SSSR count).